The Morgan fingerprint density at radius 2 is 2.11 bits per heavy atom. The molecule has 0 bridgehead atoms. The Balaban J connectivity index is 1.76. The summed E-state index contributed by atoms with van der Waals surface area (Å²) in [6.07, 6.45) is 1.50. The molecular formula is C20H24ClN3O3. The second-order valence-corrected chi connectivity index (χ2v) is 7.60. The average molecular weight is 390 g/mol. The molecule has 6 nitrogen and oxygen atoms in total. The molecular weight excluding hydrogens is 366 g/mol. The predicted molar refractivity (Wildman–Crippen MR) is 104 cm³/mol. The van der Waals surface area contributed by atoms with E-state index in [2.05, 4.69) is 10.2 Å². The number of carbonyl (C=O) groups excluding carboxylic acids is 2. The van der Waals surface area contributed by atoms with Crippen LogP contribution in [0.5, 0.6) is 5.75 Å². The molecule has 27 heavy (non-hydrogen) atoms. The Kier molecular flexibility index (Phi) is 5.85. The van der Waals surface area contributed by atoms with Crippen LogP contribution in [-0.2, 0) is 0 Å². The number of methoxy groups -OCH3 is 1. The summed E-state index contributed by atoms with van der Waals surface area (Å²) in [6.45, 7) is 5.07. The van der Waals surface area contributed by atoms with Crippen molar-refractivity contribution < 1.29 is 14.3 Å². The molecule has 1 fully saturated rings. The molecule has 144 valence electrons. The molecule has 1 N–H and O–H groups in total. The fourth-order valence-electron chi connectivity index (χ4n) is 3.37. The van der Waals surface area contributed by atoms with E-state index >= 15 is 0 Å². The van der Waals surface area contributed by atoms with E-state index < -0.39 is 0 Å². The summed E-state index contributed by atoms with van der Waals surface area (Å²) in [5.74, 6) is 0.302. The van der Waals surface area contributed by atoms with E-state index in [9.17, 15) is 9.59 Å². The van der Waals surface area contributed by atoms with Gasteiger partial charge in [0.2, 0.25) is 0 Å². The van der Waals surface area contributed by atoms with Gasteiger partial charge in [0.15, 0.2) is 5.78 Å². The van der Waals surface area contributed by atoms with Crippen molar-refractivity contribution in [1.82, 2.24) is 15.1 Å². The fourth-order valence-corrected chi connectivity index (χ4v) is 3.54. The SMILES string of the molecule is COc1ccc(Cl)cc1C(=O)[C@H]1CCCN(C(=O)c2cc(C(C)C)[nH]n2)C1. The molecule has 2 aromatic rings. The molecule has 1 aromatic carbocycles. The van der Waals surface area contributed by atoms with Gasteiger partial charge in [-0.2, -0.15) is 5.10 Å². The molecule has 1 atom stereocenters. The number of hydrogen-bond acceptors (Lipinski definition) is 4. The van der Waals surface area contributed by atoms with Crippen LogP contribution in [0.1, 0.15) is 59.1 Å². The van der Waals surface area contributed by atoms with E-state index in [1.165, 1.54) is 7.11 Å². The summed E-state index contributed by atoms with van der Waals surface area (Å²) in [6, 6.07) is 6.81. The van der Waals surface area contributed by atoms with E-state index in [4.69, 9.17) is 16.3 Å². The first kappa shape index (κ1) is 19.4. The maximum Gasteiger partial charge on any atom is 0.274 e. The van der Waals surface area contributed by atoms with Crippen LogP contribution in [0.3, 0.4) is 0 Å². The molecule has 0 radical (unpaired) electrons. The summed E-state index contributed by atoms with van der Waals surface area (Å²) in [7, 11) is 1.53. The number of carbonyl (C=O) groups is 2. The number of aromatic nitrogens is 2. The third-order valence-corrected chi connectivity index (χ3v) is 5.18. The van der Waals surface area contributed by atoms with Crippen LogP contribution in [-0.4, -0.2) is 47.0 Å². The Morgan fingerprint density at radius 3 is 2.78 bits per heavy atom. The Morgan fingerprint density at radius 1 is 1.33 bits per heavy atom. The largest absolute Gasteiger partial charge is 0.496 e. The van der Waals surface area contributed by atoms with Crippen LogP contribution < -0.4 is 4.74 Å². The molecule has 1 amide bonds. The molecule has 1 aromatic heterocycles. The second-order valence-electron chi connectivity index (χ2n) is 7.16. The van der Waals surface area contributed by atoms with Gasteiger partial charge in [-0.1, -0.05) is 25.4 Å². The second kappa shape index (κ2) is 8.13. The van der Waals surface area contributed by atoms with Gasteiger partial charge in [0.25, 0.3) is 5.91 Å². The van der Waals surface area contributed by atoms with Gasteiger partial charge in [-0.05, 0) is 43.0 Å². The van der Waals surface area contributed by atoms with E-state index in [-0.39, 0.29) is 23.5 Å². The van der Waals surface area contributed by atoms with Crippen LogP contribution >= 0.6 is 11.6 Å². The van der Waals surface area contributed by atoms with Crippen molar-refractivity contribution >= 4 is 23.3 Å². The topological polar surface area (TPSA) is 75.3 Å². The molecule has 2 heterocycles. The highest BCUT2D eigenvalue weighted by Crippen LogP contribution is 2.29. The predicted octanol–water partition coefficient (Wildman–Crippen LogP) is 3.93. The summed E-state index contributed by atoms with van der Waals surface area (Å²) >= 11 is 6.06. The number of aromatic amines is 1. The number of nitrogens with one attached hydrogen (secondary N) is 1. The number of H-pyrrole nitrogens is 1. The number of nitrogens with zero attached hydrogens (tertiary/aromatic N) is 2. The fraction of sp³-hybridized carbons (Fsp3) is 0.450. The average Bonchev–Trinajstić information content (AvgIpc) is 3.17. The van der Waals surface area contributed by atoms with E-state index in [0.29, 0.717) is 35.1 Å². The number of Topliss-reactive ketones (excluding diaryl/α,β-unsaturated/α-hetero) is 1. The quantitative estimate of drug-likeness (QED) is 0.786. The molecule has 1 saturated heterocycles. The van der Waals surface area contributed by atoms with Crippen LogP contribution in [0.2, 0.25) is 5.02 Å². The number of amides is 1. The molecule has 0 saturated carbocycles. The third-order valence-electron chi connectivity index (χ3n) is 4.95. The highest BCUT2D eigenvalue weighted by atomic mass is 35.5. The lowest BCUT2D eigenvalue weighted by Gasteiger charge is -2.31. The Labute approximate surface area is 163 Å². The minimum Gasteiger partial charge on any atom is -0.496 e. The van der Waals surface area contributed by atoms with Gasteiger partial charge in [-0.25, -0.2) is 0 Å². The van der Waals surface area contributed by atoms with Gasteiger partial charge in [0.05, 0.1) is 12.7 Å². The molecule has 1 aliphatic rings. The van der Waals surface area contributed by atoms with Gasteiger partial charge >= 0.3 is 0 Å². The normalized spacial score (nSPS) is 17.2. The number of rotatable bonds is 5. The Hall–Kier alpha value is -2.34. The lowest BCUT2D eigenvalue weighted by molar-refractivity contribution is 0.0631. The van der Waals surface area contributed by atoms with Crippen molar-refractivity contribution in [2.75, 3.05) is 20.2 Å². The molecule has 3 rings (SSSR count). The van der Waals surface area contributed by atoms with Gasteiger partial charge in [-0.15, -0.1) is 0 Å². The maximum absolute atomic E-state index is 13.0. The molecule has 0 spiro atoms. The zero-order valence-corrected chi connectivity index (χ0v) is 16.5. The van der Waals surface area contributed by atoms with E-state index in [0.717, 1.165) is 18.5 Å². The molecule has 7 heteroatoms. The number of hydrogen-bond donors (Lipinski definition) is 1. The smallest absolute Gasteiger partial charge is 0.274 e. The summed E-state index contributed by atoms with van der Waals surface area (Å²) in [4.78, 5) is 27.5. The summed E-state index contributed by atoms with van der Waals surface area (Å²) in [5.41, 5.74) is 1.78. The lowest BCUT2D eigenvalue weighted by atomic mass is 9.89. The third kappa shape index (κ3) is 4.16. The molecule has 0 unspecified atom stereocenters. The zero-order chi connectivity index (χ0) is 19.6. The minimum atomic E-state index is -0.279. The van der Waals surface area contributed by atoms with Gasteiger partial charge < -0.3 is 9.64 Å². The summed E-state index contributed by atoms with van der Waals surface area (Å²) < 4.78 is 5.31. The highest BCUT2D eigenvalue weighted by Gasteiger charge is 2.31. The van der Waals surface area contributed by atoms with Crippen molar-refractivity contribution in [3.63, 3.8) is 0 Å². The first-order chi connectivity index (χ1) is 12.9. The van der Waals surface area contributed by atoms with Gasteiger partial charge in [-0.3, -0.25) is 14.7 Å². The number of ether oxygens (including phenoxy) is 1. The molecule has 0 aliphatic carbocycles. The lowest BCUT2D eigenvalue weighted by Crippen LogP contribution is -2.42. The van der Waals surface area contributed by atoms with Crippen molar-refractivity contribution in [2.45, 2.75) is 32.6 Å². The Bertz CT molecular complexity index is 847. The monoisotopic (exact) mass is 389 g/mol. The van der Waals surface area contributed by atoms with E-state index in [1.54, 1.807) is 29.2 Å². The zero-order valence-electron chi connectivity index (χ0n) is 15.8. The maximum atomic E-state index is 13.0. The van der Waals surface area contributed by atoms with Crippen molar-refractivity contribution in [1.29, 1.82) is 0 Å². The van der Waals surface area contributed by atoms with Crippen LogP contribution in [0.4, 0.5) is 0 Å². The van der Waals surface area contributed by atoms with Crippen LogP contribution in [0, 0.1) is 5.92 Å². The van der Waals surface area contributed by atoms with E-state index in [1.807, 2.05) is 13.8 Å². The van der Waals surface area contributed by atoms with Crippen molar-refractivity contribution in [3.8, 4) is 5.75 Å². The first-order valence-corrected chi connectivity index (χ1v) is 9.50. The van der Waals surface area contributed by atoms with Gasteiger partial charge in [0, 0.05) is 29.7 Å². The van der Waals surface area contributed by atoms with Crippen LogP contribution in [0.15, 0.2) is 24.3 Å². The van der Waals surface area contributed by atoms with Crippen molar-refractivity contribution in [3.05, 3.63) is 46.2 Å². The number of ketones is 1. The van der Waals surface area contributed by atoms with Crippen molar-refractivity contribution in [2.24, 2.45) is 5.92 Å². The first-order valence-electron chi connectivity index (χ1n) is 9.13. The standard InChI is InChI=1S/C20H24ClN3O3/c1-12(2)16-10-17(23-22-16)20(26)24-8-4-5-13(11-24)19(25)15-9-14(21)6-7-18(15)27-3/h6-7,9-10,12-13H,4-5,8,11H2,1-3H3,(H,22,23)/t13-/m0/s1. The number of piperidine rings is 1. The molecule has 1 aliphatic heterocycles. The van der Waals surface area contributed by atoms with Gasteiger partial charge in [0.1, 0.15) is 11.4 Å². The number of halogens is 1. The highest BCUT2D eigenvalue weighted by molar-refractivity contribution is 6.31. The van der Waals surface area contributed by atoms with Crippen LogP contribution in [0.25, 0.3) is 0 Å². The number of benzene rings is 1. The summed E-state index contributed by atoms with van der Waals surface area (Å²) in [5, 5.41) is 7.54. The minimum absolute atomic E-state index is 0.0447. The number of likely N-dealkylation sites (tertiary alicyclic amines) is 1.